The Labute approximate surface area is 108 Å². The first-order valence-electron chi connectivity index (χ1n) is 6.40. The van der Waals surface area contributed by atoms with Crippen molar-refractivity contribution < 1.29 is 4.79 Å². The van der Waals surface area contributed by atoms with Crippen molar-refractivity contribution >= 4 is 5.91 Å². The Balaban J connectivity index is 1.70. The van der Waals surface area contributed by atoms with E-state index in [-0.39, 0.29) is 5.91 Å². The lowest BCUT2D eigenvalue weighted by Crippen LogP contribution is -2.24. The second-order valence-electron chi connectivity index (χ2n) is 4.52. The number of carbonyl (C=O) groups excluding carboxylic acids is 1. The van der Waals surface area contributed by atoms with E-state index in [9.17, 15) is 4.79 Å². The van der Waals surface area contributed by atoms with Crippen LogP contribution in [0.25, 0.3) is 0 Å². The van der Waals surface area contributed by atoms with Gasteiger partial charge in [-0.1, -0.05) is 24.1 Å². The van der Waals surface area contributed by atoms with Gasteiger partial charge >= 0.3 is 0 Å². The fourth-order valence-corrected chi connectivity index (χ4v) is 2.05. The van der Waals surface area contributed by atoms with Crippen LogP contribution in [0.3, 0.4) is 0 Å². The zero-order chi connectivity index (χ0) is 12.6. The highest BCUT2D eigenvalue weighted by Gasteiger charge is 2.13. The van der Waals surface area contributed by atoms with Crippen LogP contribution >= 0.6 is 0 Å². The zero-order valence-corrected chi connectivity index (χ0v) is 10.4. The van der Waals surface area contributed by atoms with Crippen LogP contribution in [0.5, 0.6) is 0 Å². The quantitative estimate of drug-likeness (QED) is 0.781. The summed E-state index contributed by atoms with van der Waals surface area (Å²) in [6, 6.07) is 9.54. The highest BCUT2D eigenvalue weighted by molar-refractivity contribution is 5.94. The van der Waals surface area contributed by atoms with Crippen molar-refractivity contribution in [2.24, 2.45) is 5.92 Å². The molecule has 0 radical (unpaired) electrons. The molecule has 94 valence electrons. The van der Waals surface area contributed by atoms with Crippen LogP contribution in [0.15, 0.2) is 30.3 Å². The minimum atomic E-state index is -0.190. The molecular weight excluding hydrogens is 224 g/mol. The van der Waals surface area contributed by atoms with Crippen molar-refractivity contribution in [3.63, 3.8) is 0 Å². The smallest absolute Gasteiger partial charge is 0.296 e. The fraction of sp³-hybridized carbons (Fsp3) is 0.400. The standard InChI is InChI=1S/C15H18N2O/c18-15(7-6-13-4-2-1-3-5-13)17-11-9-14-8-10-16-12-14/h1-5,14,16H,8-12H2,(H,17,18). The van der Waals surface area contributed by atoms with Crippen LogP contribution in [0.4, 0.5) is 0 Å². The average molecular weight is 242 g/mol. The third kappa shape index (κ3) is 4.23. The maximum absolute atomic E-state index is 11.5. The molecule has 1 aliphatic heterocycles. The molecule has 1 saturated heterocycles. The Bertz CT molecular complexity index is 439. The summed E-state index contributed by atoms with van der Waals surface area (Å²) in [5.74, 6) is 5.97. The van der Waals surface area contributed by atoms with Crippen LogP contribution in [0, 0.1) is 17.8 Å². The molecule has 2 N–H and O–H groups in total. The van der Waals surface area contributed by atoms with E-state index in [4.69, 9.17) is 0 Å². The number of amides is 1. The van der Waals surface area contributed by atoms with Crippen LogP contribution in [0.2, 0.25) is 0 Å². The molecule has 0 aliphatic carbocycles. The summed E-state index contributed by atoms with van der Waals surface area (Å²) in [5.41, 5.74) is 0.868. The molecular formula is C15H18N2O. The van der Waals surface area contributed by atoms with Crippen LogP contribution in [-0.4, -0.2) is 25.5 Å². The number of benzene rings is 1. The van der Waals surface area contributed by atoms with Crippen LogP contribution in [0.1, 0.15) is 18.4 Å². The molecule has 0 spiro atoms. The highest BCUT2D eigenvalue weighted by Crippen LogP contribution is 2.10. The Kier molecular flexibility index (Phi) is 4.80. The molecule has 1 fully saturated rings. The summed E-state index contributed by atoms with van der Waals surface area (Å²) >= 11 is 0. The SMILES string of the molecule is O=C(C#Cc1ccccc1)NCCC1CCNC1. The van der Waals surface area contributed by atoms with Gasteiger partial charge in [0.15, 0.2) is 0 Å². The Morgan fingerprint density at radius 3 is 2.94 bits per heavy atom. The van der Waals surface area contributed by atoms with Gasteiger partial charge in [-0.3, -0.25) is 4.79 Å². The molecule has 1 aliphatic rings. The average Bonchev–Trinajstić information content (AvgIpc) is 2.91. The highest BCUT2D eigenvalue weighted by atomic mass is 16.1. The first-order chi connectivity index (χ1) is 8.84. The van der Waals surface area contributed by atoms with Gasteiger partial charge < -0.3 is 10.6 Å². The largest absolute Gasteiger partial charge is 0.345 e. The summed E-state index contributed by atoms with van der Waals surface area (Å²) < 4.78 is 0. The summed E-state index contributed by atoms with van der Waals surface area (Å²) in [7, 11) is 0. The van der Waals surface area contributed by atoms with Crippen LogP contribution in [-0.2, 0) is 4.79 Å². The molecule has 3 heteroatoms. The summed E-state index contributed by atoms with van der Waals surface area (Å²) in [6.45, 7) is 2.90. The first-order valence-corrected chi connectivity index (χ1v) is 6.40. The topological polar surface area (TPSA) is 41.1 Å². The number of hydrogen-bond acceptors (Lipinski definition) is 2. The van der Waals surface area contributed by atoms with E-state index in [0.29, 0.717) is 12.5 Å². The minimum absolute atomic E-state index is 0.190. The maximum atomic E-state index is 11.5. The number of rotatable bonds is 3. The van der Waals surface area contributed by atoms with Crippen molar-refractivity contribution in [3.05, 3.63) is 35.9 Å². The first kappa shape index (κ1) is 12.7. The van der Waals surface area contributed by atoms with E-state index in [1.165, 1.54) is 6.42 Å². The molecule has 0 bridgehead atoms. The third-order valence-electron chi connectivity index (χ3n) is 3.09. The predicted molar refractivity (Wildman–Crippen MR) is 71.9 cm³/mol. The van der Waals surface area contributed by atoms with E-state index in [0.717, 1.165) is 25.1 Å². The second kappa shape index (κ2) is 6.83. The molecule has 1 aromatic carbocycles. The van der Waals surface area contributed by atoms with Gasteiger partial charge in [-0.25, -0.2) is 0 Å². The molecule has 1 unspecified atom stereocenters. The lowest BCUT2D eigenvalue weighted by Gasteiger charge is -2.06. The second-order valence-corrected chi connectivity index (χ2v) is 4.52. The molecule has 1 aromatic rings. The monoisotopic (exact) mass is 242 g/mol. The van der Waals surface area contributed by atoms with E-state index in [1.54, 1.807) is 0 Å². The van der Waals surface area contributed by atoms with E-state index < -0.39 is 0 Å². The molecule has 1 amide bonds. The van der Waals surface area contributed by atoms with Gasteiger partial charge in [0.1, 0.15) is 0 Å². The van der Waals surface area contributed by atoms with Gasteiger partial charge in [-0.15, -0.1) is 0 Å². The third-order valence-corrected chi connectivity index (χ3v) is 3.09. The molecule has 1 atom stereocenters. The van der Waals surface area contributed by atoms with Gasteiger partial charge in [-0.05, 0) is 44.0 Å². The van der Waals surface area contributed by atoms with E-state index in [2.05, 4.69) is 22.5 Å². The van der Waals surface area contributed by atoms with Crippen molar-refractivity contribution in [1.82, 2.24) is 10.6 Å². The van der Waals surface area contributed by atoms with Crippen molar-refractivity contribution in [2.75, 3.05) is 19.6 Å². The number of hydrogen-bond donors (Lipinski definition) is 2. The molecule has 0 saturated carbocycles. The Morgan fingerprint density at radius 1 is 1.39 bits per heavy atom. The summed E-state index contributed by atoms with van der Waals surface area (Å²) in [5, 5.41) is 6.16. The molecule has 1 heterocycles. The lowest BCUT2D eigenvalue weighted by atomic mass is 10.1. The maximum Gasteiger partial charge on any atom is 0.296 e. The van der Waals surface area contributed by atoms with E-state index >= 15 is 0 Å². The molecule has 18 heavy (non-hydrogen) atoms. The number of carbonyl (C=O) groups is 1. The minimum Gasteiger partial charge on any atom is -0.345 e. The van der Waals surface area contributed by atoms with Gasteiger partial charge in [0.2, 0.25) is 0 Å². The van der Waals surface area contributed by atoms with Crippen molar-refractivity contribution in [1.29, 1.82) is 0 Å². The van der Waals surface area contributed by atoms with E-state index in [1.807, 2.05) is 30.3 Å². The van der Waals surface area contributed by atoms with Gasteiger partial charge in [0, 0.05) is 18.0 Å². The molecule has 2 rings (SSSR count). The van der Waals surface area contributed by atoms with Crippen LogP contribution < -0.4 is 10.6 Å². The predicted octanol–water partition coefficient (Wildman–Crippen LogP) is 1.15. The molecule has 3 nitrogen and oxygen atoms in total. The van der Waals surface area contributed by atoms with Crippen molar-refractivity contribution in [2.45, 2.75) is 12.8 Å². The normalized spacial score (nSPS) is 17.9. The summed E-state index contributed by atoms with van der Waals surface area (Å²) in [6.07, 6.45) is 2.25. The lowest BCUT2D eigenvalue weighted by molar-refractivity contribution is -0.115. The molecule has 0 aromatic heterocycles. The number of nitrogens with one attached hydrogen (secondary N) is 2. The van der Waals surface area contributed by atoms with Crippen molar-refractivity contribution in [3.8, 4) is 11.8 Å². The van der Waals surface area contributed by atoms with Gasteiger partial charge in [0.05, 0.1) is 0 Å². The Hall–Kier alpha value is -1.79. The summed E-state index contributed by atoms with van der Waals surface area (Å²) in [4.78, 5) is 11.5. The zero-order valence-electron chi connectivity index (χ0n) is 10.4. The van der Waals surface area contributed by atoms with Gasteiger partial charge in [0.25, 0.3) is 5.91 Å². The van der Waals surface area contributed by atoms with Gasteiger partial charge in [-0.2, -0.15) is 0 Å². The Morgan fingerprint density at radius 2 is 2.22 bits per heavy atom. The fourth-order valence-electron chi connectivity index (χ4n) is 2.05.